The van der Waals surface area contributed by atoms with Gasteiger partial charge in [0.15, 0.2) is 0 Å². The van der Waals surface area contributed by atoms with E-state index in [0.29, 0.717) is 5.56 Å². The van der Waals surface area contributed by atoms with Crippen molar-refractivity contribution < 1.29 is 4.39 Å². The van der Waals surface area contributed by atoms with E-state index >= 15 is 0 Å². The molecule has 1 rings (SSSR count). The third kappa shape index (κ3) is 1.78. The minimum Gasteiger partial charge on any atom is -0.271 e. The Kier molecular flexibility index (Phi) is 3.13. The lowest BCUT2D eigenvalue weighted by Crippen LogP contribution is -2.28. The Morgan fingerprint density at radius 1 is 1.75 bits per heavy atom. The Hall–Kier alpha value is -1.00. The molecule has 0 fully saturated rings. The predicted molar refractivity (Wildman–Crippen MR) is 44.6 cm³/mol. The minimum atomic E-state index is -0.317. The fraction of sp³-hybridized carbons (Fsp3) is 0.375. The summed E-state index contributed by atoms with van der Waals surface area (Å²) < 4.78 is 13.1. The Morgan fingerprint density at radius 3 is 3.00 bits per heavy atom. The van der Waals surface area contributed by atoms with Crippen molar-refractivity contribution in [2.45, 2.75) is 19.4 Å². The summed E-state index contributed by atoms with van der Waals surface area (Å²) in [6, 6.07) is 1.50. The number of pyridine rings is 1. The van der Waals surface area contributed by atoms with Crippen molar-refractivity contribution in [3.8, 4) is 0 Å². The molecule has 0 amide bonds. The summed E-state index contributed by atoms with van der Waals surface area (Å²) in [6.45, 7) is 1.93. The Morgan fingerprint density at radius 2 is 2.50 bits per heavy atom. The molecule has 0 aromatic carbocycles. The van der Waals surface area contributed by atoms with Crippen LogP contribution in [0.25, 0.3) is 0 Å². The minimum absolute atomic E-state index is 0.131. The molecule has 3 N–H and O–H groups in total. The summed E-state index contributed by atoms with van der Waals surface area (Å²) in [7, 11) is 0. The second kappa shape index (κ2) is 4.13. The van der Waals surface area contributed by atoms with Crippen LogP contribution in [-0.4, -0.2) is 4.98 Å². The monoisotopic (exact) mass is 169 g/mol. The van der Waals surface area contributed by atoms with Gasteiger partial charge in [-0.15, -0.1) is 0 Å². The molecule has 1 unspecified atom stereocenters. The van der Waals surface area contributed by atoms with Crippen LogP contribution in [0.3, 0.4) is 0 Å². The van der Waals surface area contributed by atoms with Gasteiger partial charge in [-0.2, -0.15) is 0 Å². The highest BCUT2D eigenvalue weighted by atomic mass is 19.1. The summed E-state index contributed by atoms with van der Waals surface area (Å²) >= 11 is 0. The van der Waals surface area contributed by atoms with Crippen LogP contribution in [0.1, 0.15) is 24.9 Å². The average Bonchev–Trinajstić information content (AvgIpc) is 2.10. The van der Waals surface area contributed by atoms with E-state index in [2.05, 4.69) is 10.4 Å². The first-order chi connectivity index (χ1) is 5.79. The van der Waals surface area contributed by atoms with E-state index in [1.165, 1.54) is 6.20 Å². The van der Waals surface area contributed by atoms with Crippen molar-refractivity contribution in [3.63, 3.8) is 0 Å². The van der Waals surface area contributed by atoms with Gasteiger partial charge in [0, 0.05) is 17.8 Å². The highest BCUT2D eigenvalue weighted by Crippen LogP contribution is 2.17. The number of hydrazine groups is 1. The molecule has 3 nitrogen and oxygen atoms in total. The molecule has 66 valence electrons. The van der Waals surface area contributed by atoms with Crippen LogP contribution in [0.2, 0.25) is 0 Å². The number of hydrogen-bond donors (Lipinski definition) is 2. The van der Waals surface area contributed by atoms with Crippen LogP contribution >= 0.6 is 0 Å². The topological polar surface area (TPSA) is 50.9 Å². The van der Waals surface area contributed by atoms with Crippen molar-refractivity contribution in [1.29, 1.82) is 0 Å². The molecular formula is C8H12FN3. The van der Waals surface area contributed by atoms with Gasteiger partial charge < -0.3 is 0 Å². The molecule has 0 saturated heterocycles. The van der Waals surface area contributed by atoms with Gasteiger partial charge in [0.05, 0.1) is 6.20 Å². The highest BCUT2D eigenvalue weighted by Gasteiger charge is 2.10. The number of aromatic nitrogens is 1. The maximum Gasteiger partial charge on any atom is 0.146 e. The fourth-order valence-corrected chi connectivity index (χ4v) is 1.10. The molecule has 12 heavy (non-hydrogen) atoms. The first-order valence-corrected chi connectivity index (χ1v) is 3.85. The van der Waals surface area contributed by atoms with Crippen molar-refractivity contribution in [2.75, 3.05) is 0 Å². The Balaban J connectivity index is 2.92. The summed E-state index contributed by atoms with van der Waals surface area (Å²) in [6.07, 6.45) is 3.49. The van der Waals surface area contributed by atoms with Crippen LogP contribution in [0, 0.1) is 5.82 Å². The molecular weight excluding hydrogens is 157 g/mol. The lowest BCUT2D eigenvalue weighted by Gasteiger charge is -2.13. The third-order valence-electron chi connectivity index (χ3n) is 1.79. The van der Waals surface area contributed by atoms with Gasteiger partial charge in [-0.05, 0) is 12.5 Å². The summed E-state index contributed by atoms with van der Waals surface area (Å²) in [5, 5.41) is 0. The molecule has 0 aliphatic heterocycles. The van der Waals surface area contributed by atoms with Gasteiger partial charge in [0.2, 0.25) is 0 Å². The molecule has 0 aliphatic rings. The van der Waals surface area contributed by atoms with E-state index in [1.807, 2.05) is 6.92 Å². The van der Waals surface area contributed by atoms with Crippen molar-refractivity contribution in [3.05, 3.63) is 29.8 Å². The van der Waals surface area contributed by atoms with E-state index in [-0.39, 0.29) is 11.9 Å². The molecule has 1 heterocycles. The zero-order chi connectivity index (χ0) is 8.97. The van der Waals surface area contributed by atoms with E-state index in [0.717, 1.165) is 6.42 Å². The lowest BCUT2D eigenvalue weighted by molar-refractivity contribution is 0.499. The van der Waals surface area contributed by atoms with Gasteiger partial charge in [0.1, 0.15) is 5.82 Å². The van der Waals surface area contributed by atoms with Crippen molar-refractivity contribution in [1.82, 2.24) is 10.4 Å². The van der Waals surface area contributed by atoms with Crippen LogP contribution in [0.15, 0.2) is 18.5 Å². The largest absolute Gasteiger partial charge is 0.271 e. The highest BCUT2D eigenvalue weighted by molar-refractivity contribution is 5.16. The maximum atomic E-state index is 13.1. The van der Waals surface area contributed by atoms with Gasteiger partial charge in [-0.1, -0.05) is 6.92 Å². The molecule has 0 aliphatic carbocycles. The van der Waals surface area contributed by atoms with Crippen molar-refractivity contribution in [2.24, 2.45) is 5.84 Å². The van der Waals surface area contributed by atoms with E-state index in [4.69, 9.17) is 5.84 Å². The number of nitrogens with one attached hydrogen (secondary N) is 1. The van der Waals surface area contributed by atoms with Crippen molar-refractivity contribution >= 4 is 0 Å². The zero-order valence-electron chi connectivity index (χ0n) is 6.92. The molecule has 0 spiro atoms. The van der Waals surface area contributed by atoms with Gasteiger partial charge >= 0.3 is 0 Å². The fourth-order valence-electron chi connectivity index (χ4n) is 1.10. The predicted octanol–water partition coefficient (Wildman–Crippen LogP) is 1.14. The van der Waals surface area contributed by atoms with Crippen LogP contribution in [-0.2, 0) is 0 Å². The summed E-state index contributed by atoms with van der Waals surface area (Å²) in [5.41, 5.74) is 3.11. The molecule has 1 atom stereocenters. The molecule has 0 saturated carbocycles. The summed E-state index contributed by atoms with van der Waals surface area (Å²) in [4.78, 5) is 3.65. The Labute approximate surface area is 70.8 Å². The SMILES string of the molecule is CCC(NN)c1ccncc1F. The normalized spacial score (nSPS) is 12.9. The maximum absolute atomic E-state index is 13.1. The Bertz CT molecular complexity index is 248. The van der Waals surface area contributed by atoms with Gasteiger partial charge in [-0.25, -0.2) is 4.39 Å². The third-order valence-corrected chi connectivity index (χ3v) is 1.79. The smallest absolute Gasteiger partial charge is 0.146 e. The molecule has 0 bridgehead atoms. The van der Waals surface area contributed by atoms with Crippen LogP contribution in [0.5, 0.6) is 0 Å². The first kappa shape index (κ1) is 9.09. The number of nitrogens with zero attached hydrogens (tertiary/aromatic N) is 1. The zero-order valence-corrected chi connectivity index (χ0v) is 6.92. The second-order valence-electron chi connectivity index (χ2n) is 2.52. The quantitative estimate of drug-likeness (QED) is 0.527. The molecule has 0 radical (unpaired) electrons. The number of halogens is 1. The standard InChI is InChI=1S/C8H12FN3/c1-2-8(12-10)6-3-4-11-5-7(6)9/h3-5,8,12H,2,10H2,1H3. The number of rotatable bonds is 3. The summed E-state index contributed by atoms with van der Waals surface area (Å²) in [5.74, 6) is 4.93. The second-order valence-corrected chi connectivity index (χ2v) is 2.52. The number of hydrogen-bond acceptors (Lipinski definition) is 3. The van der Waals surface area contributed by atoms with Gasteiger partial charge in [0.25, 0.3) is 0 Å². The molecule has 1 aromatic heterocycles. The average molecular weight is 169 g/mol. The van der Waals surface area contributed by atoms with Gasteiger partial charge in [-0.3, -0.25) is 16.3 Å². The van der Waals surface area contributed by atoms with E-state index < -0.39 is 0 Å². The van der Waals surface area contributed by atoms with Crippen LogP contribution in [0.4, 0.5) is 4.39 Å². The molecule has 1 aromatic rings. The lowest BCUT2D eigenvalue weighted by atomic mass is 10.1. The molecule has 4 heteroatoms. The van der Waals surface area contributed by atoms with E-state index in [9.17, 15) is 4.39 Å². The first-order valence-electron chi connectivity index (χ1n) is 3.85. The van der Waals surface area contributed by atoms with Crippen LogP contribution < -0.4 is 11.3 Å². The number of nitrogens with two attached hydrogens (primary N) is 1. The van der Waals surface area contributed by atoms with E-state index in [1.54, 1.807) is 12.3 Å².